The highest BCUT2D eigenvalue weighted by Crippen LogP contribution is 2.19. The van der Waals surface area contributed by atoms with Gasteiger partial charge in [0.05, 0.1) is 5.69 Å². The predicted molar refractivity (Wildman–Crippen MR) is 71.8 cm³/mol. The van der Waals surface area contributed by atoms with Crippen LogP contribution in [0.15, 0.2) is 24.7 Å². The Labute approximate surface area is 113 Å². The summed E-state index contributed by atoms with van der Waals surface area (Å²) in [5.41, 5.74) is 0.977. The molecule has 0 spiro atoms. The second-order valence-corrected chi connectivity index (χ2v) is 4.96. The molecule has 2 heterocycles. The zero-order chi connectivity index (χ0) is 10.1. The van der Waals surface area contributed by atoms with Crippen LogP contribution in [0.25, 0.3) is 5.69 Å². The van der Waals surface area contributed by atoms with Crippen molar-refractivity contribution in [1.29, 1.82) is 0 Å². The van der Waals surface area contributed by atoms with E-state index in [0.717, 1.165) is 13.1 Å². The number of rotatable bonds is 1. The molecule has 0 aliphatic heterocycles. The first kappa shape index (κ1) is 10.6. The highest BCUT2D eigenvalue weighted by Gasteiger charge is 2.06. The molecule has 0 unspecified atom stereocenters. The molecular formula is C8H4ClI2N3. The van der Waals surface area contributed by atoms with E-state index in [0.29, 0.717) is 5.15 Å². The van der Waals surface area contributed by atoms with Crippen LogP contribution in [0.4, 0.5) is 0 Å². The maximum Gasteiger partial charge on any atom is 0.133 e. The number of imidazole rings is 1. The summed E-state index contributed by atoms with van der Waals surface area (Å²) in [7, 11) is 0. The van der Waals surface area contributed by atoms with Gasteiger partial charge >= 0.3 is 0 Å². The van der Waals surface area contributed by atoms with Crippen LogP contribution < -0.4 is 0 Å². The van der Waals surface area contributed by atoms with Gasteiger partial charge in [0.1, 0.15) is 18.9 Å². The maximum absolute atomic E-state index is 5.80. The van der Waals surface area contributed by atoms with Gasteiger partial charge in [-0.25, -0.2) is 9.97 Å². The summed E-state index contributed by atoms with van der Waals surface area (Å²) in [5.74, 6) is 0. The summed E-state index contributed by atoms with van der Waals surface area (Å²) in [4.78, 5) is 8.13. The molecule has 2 aromatic rings. The lowest BCUT2D eigenvalue weighted by Crippen LogP contribution is -1.95. The van der Waals surface area contributed by atoms with E-state index in [1.165, 1.54) is 0 Å². The normalized spacial score (nSPS) is 10.5. The molecule has 0 atom stereocenters. The molecule has 6 heteroatoms. The minimum atomic E-state index is 0.488. The second-order valence-electron chi connectivity index (χ2n) is 2.53. The van der Waals surface area contributed by atoms with Crippen molar-refractivity contribution < 1.29 is 0 Å². The molecule has 0 saturated heterocycles. The van der Waals surface area contributed by atoms with Crippen molar-refractivity contribution >= 4 is 56.8 Å². The summed E-state index contributed by atoms with van der Waals surface area (Å²) in [6.07, 6.45) is 3.45. The fourth-order valence-electron chi connectivity index (χ4n) is 1.03. The molecule has 2 rings (SSSR count). The molecule has 0 aliphatic rings. The van der Waals surface area contributed by atoms with Gasteiger partial charge in [0, 0.05) is 6.20 Å². The van der Waals surface area contributed by atoms with Crippen LogP contribution in [-0.4, -0.2) is 14.5 Å². The first-order chi connectivity index (χ1) is 6.68. The van der Waals surface area contributed by atoms with Crippen molar-refractivity contribution in [2.45, 2.75) is 0 Å². The number of hydrogen-bond acceptors (Lipinski definition) is 2. The topological polar surface area (TPSA) is 30.7 Å². The van der Waals surface area contributed by atoms with E-state index >= 15 is 0 Å². The zero-order valence-corrected chi connectivity index (χ0v) is 11.9. The highest BCUT2D eigenvalue weighted by molar-refractivity contribution is 14.1. The van der Waals surface area contributed by atoms with Crippen molar-refractivity contribution in [3.05, 3.63) is 37.2 Å². The van der Waals surface area contributed by atoms with Crippen LogP contribution in [0.3, 0.4) is 0 Å². The van der Waals surface area contributed by atoms with Gasteiger partial charge in [0.15, 0.2) is 0 Å². The van der Waals surface area contributed by atoms with Crippen LogP contribution in [-0.2, 0) is 0 Å². The van der Waals surface area contributed by atoms with E-state index in [4.69, 9.17) is 11.6 Å². The first-order valence-corrected chi connectivity index (χ1v) is 6.22. The minimum absolute atomic E-state index is 0.488. The van der Waals surface area contributed by atoms with Crippen molar-refractivity contribution in [2.24, 2.45) is 0 Å². The van der Waals surface area contributed by atoms with Gasteiger partial charge in [-0.2, -0.15) is 0 Å². The lowest BCUT2D eigenvalue weighted by molar-refractivity contribution is 1.02. The van der Waals surface area contributed by atoms with E-state index in [9.17, 15) is 0 Å². The van der Waals surface area contributed by atoms with Gasteiger partial charge in [-0.05, 0) is 57.3 Å². The molecular weight excluding hydrogens is 427 g/mol. The standard InChI is InChI=1S/C8H4ClI2N3/c9-6-3-5(1-2-12-6)14-4-13-7(10)8(14)11/h1-4H. The lowest BCUT2D eigenvalue weighted by Gasteiger charge is -2.03. The van der Waals surface area contributed by atoms with Crippen LogP contribution in [0.1, 0.15) is 0 Å². The van der Waals surface area contributed by atoms with Crippen molar-refractivity contribution in [2.75, 3.05) is 0 Å². The Hall–Kier alpha value is 0.110. The number of hydrogen-bond donors (Lipinski definition) is 0. The summed E-state index contributed by atoms with van der Waals surface area (Å²) in [6, 6.07) is 3.70. The van der Waals surface area contributed by atoms with Gasteiger partial charge < -0.3 is 0 Å². The van der Waals surface area contributed by atoms with Gasteiger partial charge in [0.2, 0.25) is 0 Å². The Bertz CT molecular complexity index is 469. The van der Waals surface area contributed by atoms with Crippen LogP contribution in [0, 0.1) is 7.40 Å². The zero-order valence-electron chi connectivity index (χ0n) is 6.78. The average molecular weight is 431 g/mol. The fraction of sp³-hybridized carbons (Fsp3) is 0. The summed E-state index contributed by atoms with van der Waals surface area (Å²) in [6.45, 7) is 0. The molecule has 0 fully saturated rings. The third-order valence-electron chi connectivity index (χ3n) is 1.66. The molecule has 0 saturated carbocycles. The number of nitrogens with zero attached hydrogens (tertiary/aromatic N) is 3. The molecule has 0 aliphatic carbocycles. The summed E-state index contributed by atoms with van der Waals surface area (Å²) >= 11 is 10.2. The molecule has 0 radical (unpaired) electrons. The van der Waals surface area contributed by atoms with E-state index in [1.807, 2.05) is 16.7 Å². The monoisotopic (exact) mass is 431 g/mol. The third-order valence-corrected chi connectivity index (χ3v) is 4.72. The smallest absolute Gasteiger partial charge is 0.133 e. The third kappa shape index (κ3) is 2.03. The number of pyridine rings is 1. The van der Waals surface area contributed by atoms with Gasteiger partial charge in [-0.1, -0.05) is 11.6 Å². The largest absolute Gasteiger partial charge is 0.293 e. The highest BCUT2D eigenvalue weighted by atomic mass is 127. The Balaban J connectivity index is 2.55. The fourth-order valence-corrected chi connectivity index (χ4v) is 2.13. The Morgan fingerprint density at radius 2 is 2.07 bits per heavy atom. The Morgan fingerprint density at radius 3 is 2.64 bits per heavy atom. The van der Waals surface area contributed by atoms with Gasteiger partial charge in [-0.3, -0.25) is 4.57 Å². The minimum Gasteiger partial charge on any atom is -0.293 e. The molecule has 0 bridgehead atoms. The molecule has 72 valence electrons. The quantitative estimate of drug-likeness (QED) is 0.513. The van der Waals surface area contributed by atoms with Crippen molar-refractivity contribution in [1.82, 2.24) is 14.5 Å². The molecule has 2 aromatic heterocycles. The molecule has 0 N–H and O–H groups in total. The van der Waals surface area contributed by atoms with Gasteiger partial charge in [0.25, 0.3) is 0 Å². The van der Waals surface area contributed by atoms with E-state index < -0.39 is 0 Å². The van der Waals surface area contributed by atoms with E-state index in [1.54, 1.807) is 12.5 Å². The molecule has 14 heavy (non-hydrogen) atoms. The number of aromatic nitrogens is 3. The predicted octanol–water partition coefficient (Wildman–Crippen LogP) is 3.13. The van der Waals surface area contributed by atoms with Crippen LogP contribution >= 0.6 is 56.8 Å². The van der Waals surface area contributed by atoms with Gasteiger partial charge in [-0.15, -0.1) is 0 Å². The molecule has 3 nitrogen and oxygen atoms in total. The molecule has 0 aromatic carbocycles. The Kier molecular flexibility index (Phi) is 3.27. The van der Waals surface area contributed by atoms with Crippen LogP contribution in [0.2, 0.25) is 5.15 Å². The number of halogens is 3. The molecule has 0 amide bonds. The Morgan fingerprint density at radius 1 is 1.29 bits per heavy atom. The van der Waals surface area contributed by atoms with E-state index in [-0.39, 0.29) is 0 Å². The lowest BCUT2D eigenvalue weighted by atomic mass is 10.4. The maximum atomic E-state index is 5.80. The van der Waals surface area contributed by atoms with E-state index in [2.05, 4.69) is 55.1 Å². The van der Waals surface area contributed by atoms with Crippen LogP contribution in [0.5, 0.6) is 0 Å². The second kappa shape index (κ2) is 4.31. The van der Waals surface area contributed by atoms with Crippen molar-refractivity contribution in [3.63, 3.8) is 0 Å². The first-order valence-electron chi connectivity index (χ1n) is 3.69. The average Bonchev–Trinajstić information content (AvgIpc) is 2.48. The SMILES string of the molecule is Clc1cc(-n2cnc(I)c2I)ccn1. The van der Waals surface area contributed by atoms with Crippen molar-refractivity contribution in [3.8, 4) is 5.69 Å². The summed E-state index contributed by atoms with van der Waals surface area (Å²) in [5, 5.41) is 0.488. The summed E-state index contributed by atoms with van der Waals surface area (Å²) < 4.78 is 4.03.